The molecule has 2 aliphatic heterocycles. The van der Waals surface area contributed by atoms with Crippen LogP contribution in [0, 0.1) is 5.92 Å². The lowest BCUT2D eigenvalue weighted by molar-refractivity contribution is -0.141. The van der Waals surface area contributed by atoms with Gasteiger partial charge < -0.3 is 14.4 Å². The predicted molar refractivity (Wildman–Crippen MR) is 106 cm³/mol. The second-order valence-electron chi connectivity index (χ2n) is 7.40. The van der Waals surface area contributed by atoms with Crippen molar-refractivity contribution in [3.05, 3.63) is 36.5 Å². The number of piperidine rings is 1. The van der Waals surface area contributed by atoms with Gasteiger partial charge in [0.1, 0.15) is 12.4 Å². The summed E-state index contributed by atoms with van der Waals surface area (Å²) >= 11 is 0. The lowest BCUT2D eigenvalue weighted by Gasteiger charge is -2.35. The number of morpholine rings is 1. The molecule has 0 atom stereocenters. The molecule has 0 bridgehead atoms. The molecule has 1 amide bonds. The number of aromatic amines is 1. The molecular weight excluding hydrogens is 356 g/mol. The van der Waals surface area contributed by atoms with Crippen LogP contribution in [0.15, 0.2) is 36.5 Å². The van der Waals surface area contributed by atoms with Crippen LogP contribution in [0.4, 0.5) is 0 Å². The smallest absolute Gasteiger partial charge is 0.225 e. The van der Waals surface area contributed by atoms with Gasteiger partial charge in [0.2, 0.25) is 5.91 Å². The first-order valence-corrected chi connectivity index (χ1v) is 10.1. The lowest BCUT2D eigenvalue weighted by atomic mass is 9.95. The molecule has 4 rings (SSSR count). The summed E-state index contributed by atoms with van der Waals surface area (Å²) in [4.78, 5) is 17.0. The highest BCUT2D eigenvalue weighted by molar-refractivity contribution is 5.79. The maximum atomic E-state index is 12.6. The minimum absolute atomic E-state index is 0.172. The van der Waals surface area contributed by atoms with Crippen LogP contribution >= 0.6 is 0 Å². The van der Waals surface area contributed by atoms with Crippen molar-refractivity contribution in [1.82, 2.24) is 20.0 Å². The number of carbonyl (C=O) groups excluding carboxylic acids is 1. The van der Waals surface area contributed by atoms with Crippen molar-refractivity contribution in [2.45, 2.75) is 12.8 Å². The fourth-order valence-electron chi connectivity index (χ4n) is 3.89. The summed E-state index contributed by atoms with van der Waals surface area (Å²) in [5.74, 6) is 1.36. The molecule has 1 aromatic heterocycles. The number of hydrogen-bond donors (Lipinski definition) is 1. The molecule has 1 N–H and O–H groups in total. The molecule has 0 aliphatic carbocycles. The summed E-state index contributed by atoms with van der Waals surface area (Å²) in [6.45, 7) is 6.30. The lowest BCUT2D eigenvalue weighted by Crippen LogP contribution is -2.47. The number of ether oxygens (including phenoxy) is 2. The van der Waals surface area contributed by atoms with Gasteiger partial charge >= 0.3 is 0 Å². The third-order valence-electron chi connectivity index (χ3n) is 5.60. The minimum Gasteiger partial charge on any atom is -0.492 e. The molecule has 7 nitrogen and oxygen atoms in total. The number of hydrogen-bond acceptors (Lipinski definition) is 5. The Bertz CT molecular complexity index is 734. The first-order chi connectivity index (χ1) is 13.8. The molecule has 2 aromatic rings. The summed E-state index contributed by atoms with van der Waals surface area (Å²) in [5.41, 5.74) is 2.10. The molecule has 2 saturated heterocycles. The number of amides is 1. The van der Waals surface area contributed by atoms with E-state index in [-0.39, 0.29) is 5.92 Å². The highest BCUT2D eigenvalue weighted by Crippen LogP contribution is 2.22. The van der Waals surface area contributed by atoms with Gasteiger partial charge in [-0.15, -0.1) is 0 Å². The van der Waals surface area contributed by atoms with Crippen molar-refractivity contribution in [2.75, 3.05) is 52.5 Å². The number of rotatable bonds is 6. The average Bonchev–Trinajstić information content (AvgIpc) is 3.30. The van der Waals surface area contributed by atoms with Crippen molar-refractivity contribution in [1.29, 1.82) is 0 Å². The van der Waals surface area contributed by atoms with Gasteiger partial charge in [0.05, 0.1) is 18.9 Å². The summed E-state index contributed by atoms with van der Waals surface area (Å²) in [6, 6.07) is 9.99. The molecule has 0 spiro atoms. The third-order valence-corrected chi connectivity index (χ3v) is 5.60. The Morgan fingerprint density at radius 1 is 1.11 bits per heavy atom. The van der Waals surface area contributed by atoms with Gasteiger partial charge in [-0.05, 0) is 61.8 Å². The van der Waals surface area contributed by atoms with Gasteiger partial charge in [-0.1, -0.05) is 0 Å². The Balaban J connectivity index is 1.17. The van der Waals surface area contributed by atoms with Crippen molar-refractivity contribution in [3.63, 3.8) is 0 Å². The second kappa shape index (κ2) is 9.21. The quantitative estimate of drug-likeness (QED) is 0.825. The molecule has 0 saturated carbocycles. The standard InChI is InChI=1S/C21H28N4O3/c26-21(25-12-14-27-15-13-25)18-6-9-24(10-7-18)11-16-28-19-3-1-17(2-4-19)20-5-8-22-23-20/h1-5,8,18H,6-7,9-16H2,(H,22,23). The molecule has 28 heavy (non-hydrogen) atoms. The zero-order valence-corrected chi connectivity index (χ0v) is 16.2. The number of nitrogens with one attached hydrogen (secondary N) is 1. The van der Waals surface area contributed by atoms with E-state index in [4.69, 9.17) is 9.47 Å². The Labute approximate surface area is 165 Å². The average molecular weight is 384 g/mol. The number of benzene rings is 1. The van der Waals surface area contributed by atoms with E-state index in [1.807, 2.05) is 35.2 Å². The number of nitrogens with zero attached hydrogens (tertiary/aromatic N) is 3. The van der Waals surface area contributed by atoms with Crippen LogP contribution in [-0.4, -0.2) is 78.4 Å². The third kappa shape index (κ3) is 4.72. The molecular formula is C21H28N4O3. The van der Waals surface area contributed by atoms with E-state index in [0.717, 1.165) is 62.6 Å². The zero-order valence-electron chi connectivity index (χ0n) is 16.2. The van der Waals surface area contributed by atoms with Crippen LogP contribution in [0.25, 0.3) is 11.3 Å². The van der Waals surface area contributed by atoms with Crippen LogP contribution in [0.3, 0.4) is 0 Å². The molecule has 1 aromatic carbocycles. The van der Waals surface area contributed by atoms with E-state index < -0.39 is 0 Å². The molecule has 0 unspecified atom stereocenters. The van der Waals surface area contributed by atoms with E-state index in [0.29, 0.717) is 25.7 Å². The maximum Gasteiger partial charge on any atom is 0.225 e. The van der Waals surface area contributed by atoms with Gasteiger partial charge in [-0.25, -0.2) is 0 Å². The van der Waals surface area contributed by atoms with Crippen molar-refractivity contribution in [3.8, 4) is 17.0 Å². The van der Waals surface area contributed by atoms with E-state index in [2.05, 4.69) is 15.1 Å². The van der Waals surface area contributed by atoms with Gasteiger partial charge in [0, 0.05) is 31.7 Å². The van der Waals surface area contributed by atoms with Gasteiger partial charge in [0.25, 0.3) is 0 Å². The van der Waals surface area contributed by atoms with E-state index >= 15 is 0 Å². The summed E-state index contributed by atoms with van der Waals surface area (Å²) in [5, 5.41) is 6.93. The number of H-pyrrole nitrogens is 1. The first-order valence-electron chi connectivity index (χ1n) is 10.1. The largest absolute Gasteiger partial charge is 0.492 e. The Morgan fingerprint density at radius 3 is 2.54 bits per heavy atom. The van der Waals surface area contributed by atoms with Gasteiger partial charge in [0.15, 0.2) is 0 Å². The van der Waals surface area contributed by atoms with Crippen LogP contribution in [0.1, 0.15) is 12.8 Å². The van der Waals surface area contributed by atoms with E-state index in [9.17, 15) is 4.79 Å². The molecule has 2 fully saturated rings. The topological polar surface area (TPSA) is 70.7 Å². The zero-order chi connectivity index (χ0) is 19.2. The number of likely N-dealkylation sites (tertiary alicyclic amines) is 1. The Kier molecular flexibility index (Phi) is 6.24. The molecule has 3 heterocycles. The predicted octanol–water partition coefficient (Wildman–Crippen LogP) is 2.03. The SMILES string of the molecule is O=C(C1CCN(CCOc2ccc(-c3ccn[nH]3)cc2)CC1)N1CCOCC1. The van der Waals surface area contributed by atoms with Crippen LogP contribution in [0.2, 0.25) is 0 Å². The second-order valence-corrected chi connectivity index (χ2v) is 7.40. The highest BCUT2D eigenvalue weighted by atomic mass is 16.5. The van der Waals surface area contributed by atoms with Gasteiger partial charge in [-0.2, -0.15) is 5.10 Å². The summed E-state index contributed by atoms with van der Waals surface area (Å²) in [7, 11) is 0. The Hall–Kier alpha value is -2.38. The van der Waals surface area contributed by atoms with Crippen molar-refractivity contribution in [2.24, 2.45) is 5.92 Å². The number of aromatic nitrogens is 2. The van der Waals surface area contributed by atoms with Crippen LogP contribution in [-0.2, 0) is 9.53 Å². The monoisotopic (exact) mass is 384 g/mol. The normalized spacial score (nSPS) is 18.9. The van der Waals surface area contributed by atoms with E-state index in [1.165, 1.54) is 0 Å². The van der Waals surface area contributed by atoms with Crippen LogP contribution < -0.4 is 4.74 Å². The molecule has 2 aliphatic rings. The summed E-state index contributed by atoms with van der Waals surface area (Å²) < 4.78 is 11.2. The van der Waals surface area contributed by atoms with E-state index in [1.54, 1.807) is 6.20 Å². The number of carbonyl (C=O) groups is 1. The fourth-order valence-corrected chi connectivity index (χ4v) is 3.89. The maximum absolute atomic E-state index is 12.6. The Morgan fingerprint density at radius 2 is 1.86 bits per heavy atom. The molecule has 7 heteroatoms. The van der Waals surface area contributed by atoms with Crippen molar-refractivity contribution >= 4 is 5.91 Å². The first kappa shape index (κ1) is 19.0. The fraction of sp³-hybridized carbons (Fsp3) is 0.524. The van der Waals surface area contributed by atoms with Gasteiger partial charge in [-0.3, -0.25) is 14.8 Å². The molecule has 0 radical (unpaired) electrons. The highest BCUT2D eigenvalue weighted by Gasteiger charge is 2.29. The molecule has 150 valence electrons. The summed E-state index contributed by atoms with van der Waals surface area (Å²) in [6.07, 6.45) is 3.63. The van der Waals surface area contributed by atoms with Crippen LogP contribution in [0.5, 0.6) is 5.75 Å². The van der Waals surface area contributed by atoms with Crippen molar-refractivity contribution < 1.29 is 14.3 Å². The minimum atomic E-state index is 0.172.